The minimum absolute atomic E-state index is 0.0216. The summed E-state index contributed by atoms with van der Waals surface area (Å²) in [6.45, 7) is 0.775. The number of rotatable bonds is 7. The van der Waals surface area contributed by atoms with Crippen molar-refractivity contribution in [1.82, 2.24) is 15.2 Å². The third-order valence-electron chi connectivity index (χ3n) is 5.25. The number of hydrogen-bond donors (Lipinski definition) is 2. The number of halogens is 1. The standard InChI is InChI=1S/C24H21FN4O5/c1-34-11-10-26-21(30)14-28-13-15(18-4-2-3-5-20(18)28)12-19-22(31)27-24(33)29(23(19)32)17-8-6-16(25)7-9-17/h2-9,12-13H,10-11,14H2,1H3,(H,26,30)(H,27,31,33). The predicted molar refractivity (Wildman–Crippen MR) is 122 cm³/mol. The van der Waals surface area contributed by atoms with Gasteiger partial charge in [0.15, 0.2) is 0 Å². The lowest BCUT2D eigenvalue weighted by atomic mass is 10.1. The van der Waals surface area contributed by atoms with Crippen molar-refractivity contribution in [2.75, 3.05) is 25.2 Å². The van der Waals surface area contributed by atoms with Gasteiger partial charge in [-0.25, -0.2) is 14.1 Å². The van der Waals surface area contributed by atoms with Crippen molar-refractivity contribution in [1.29, 1.82) is 0 Å². The Kier molecular flexibility index (Phi) is 6.51. The second-order valence-electron chi connectivity index (χ2n) is 7.51. The molecule has 0 bridgehead atoms. The van der Waals surface area contributed by atoms with Crippen LogP contribution in [0.25, 0.3) is 17.0 Å². The zero-order valence-corrected chi connectivity index (χ0v) is 18.2. The number of anilines is 1. The van der Waals surface area contributed by atoms with Gasteiger partial charge < -0.3 is 14.6 Å². The molecule has 174 valence electrons. The van der Waals surface area contributed by atoms with Crippen molar-refractivity contribution in [3.8, 4) is 0 Å². The highest BCUT2D eigenvalue weighted by atomic mass is 19.1. The first-order valence-electron chi connectivity index (χ1n) is 10.4. The van der Waals surface area contributed by atoms with E-state index in [-0.39, 0.29) is 23.7 Å². The van der Waals surface area contributed by atoms with Gasteiger partial charge in [0.05, 0.1) is 12.3 Å². The van der Waals surface area contributed by atoms with E-state index in [2.05, 4.69) is 10.6 Å². The van der Waals surface area contributed by atoms with Gasteiger partial charge in [-0.3, -0.25) is 19.7 Å². The third-order valence-corrected chi connectivity index (χ3v) is 5.25. The van der Waals surface area contributed by atoms with Gasteiger partial charge in [0.1, 0.15) is 17.9 Å². The molecule has 1 saturated heterocycles. The van der Waals surface area contributed by atoms with Crippen molar-refractivity contribution >= 4 is 46.4 Å². The van der Waals surface area contributed by atoms with E-state index in [1.807, 2.05) is 12.1 Å². The molecule has 0 spiro atoms. The fourth-order valence-corrected chi connectivity index (χ4v) is 3.66. The predicted octanol–water partition coefficient (Wildman–Crippen LogP) is 2.21. The number of imide groups is 2. The number of nitrogens with zero attached hydrogens (tertiary/aromatic N) is 2. The molecule has 0 atom stereocenters. The molecule has 0 radical (unpaired) electrons. The smallest absolute Gasteiger partial charge is 0.335 e. The lowest BCUT2D eigenvalue weighted by Gasteiger charge is -2.26. The average molecular weight is 464 g/mol. The minimum Gasteiger partial charge on any atom is -0.383 e. The van der Waals surface area contributed by atoms with Crippen LogP contribution in [-0.2, 0) is 25.7 Å². The van der Waals surface area contributed by atoms with Crippen LogP contribution >= 0.6 is 0 Å². The van der Waals surface area contributed by atoms with Crippen LogP contribution in [-0.4, -0.2) is 48.6 Å². The molecule has 2 heterocycles. The van der Waals surface area contributed by atoms with Gasteiger partial charge in [0.2, 0.25) is 5.91 Å². The lowest BCUT2D eigenvalue weighted by molar-refractivity contribution is -0.123. The molecule has 9 nitrogen and oxygen atoms in total. The first-order valence-corrected chi connectivity index (χ1v) is 10.4. The van der Waals surface area contributed by atoms with Crippen molar-refractivity contribution in [3.63, 3.8) is 0 Å². The summed E-state index contributed by atoms with van der Waals surface area (Å²) in [6.07, 6.45) is 3.04. The molecule has 3 aromatic rings. The zero-order valence-electron chi connectivity index (χ0n) is 18.2. The molecule has 0 saturated carbocycles. The Hall–Kier alpha value is -4.31. The molecule has 0 aliphatic carbocycles. The average Bonchev–Trinajstić information content (AvgIpc) is 3.15. The molecule has 0 unspecified atom stereocenters. The van der Waals surface area contributed by atoms with E-state index in [9.17, 15) is 23.6 Å². The summed E-state index contributed by atoms with van der Waals surface area (Å²) in [7, 11) is 1.54. The molecule has 2 N–H and O–H groups in total. The summed E-state index contributed by atoms with van der Waals surface area (Å²) < 4.78 is 19.9. The van der Waals surface area contributed by atoms with Crippen LogP contribution in [0.4, 0.5) is 14.9 Å². The minimum atomic E-state index is -0.922. The number of amides is 5. The summed E-state index contributed by atoms with van der Waals surface area (Å²) in [5.74, 6) is -2.44. The fourth-order valence-electron chi connectivity index (χ4n) is 3.66. The van der Waals surface area contributed by atoms with Gasteiger partial charge in [0.25, 0.3) is 11.8 Å². The van der Waals surface area contributed by atoms with Crippen LogP contribution in [0.15, 0.2) is 60.3 Å². The number of urea groups is 1. The Balaban J connectivity index is 1.69. The Labute approximate surface area is 193 Å². The molecule has 10 heteroatoms. The zero-order chi connectivity index (χ0) is 24.2. The molecule has 1 aromatic heterocycles. The Morgan fingerprint density at radius 3 is 2.59 bits per heavy atom. The molecular weight excluding hydrogens is 443 g/mol. The van der Waals surface area contributed by atoms with E-state index in [1.165, 1.54) is 18.2 Å². The van der Waals surface area contributed by atoms with Crippen molar-refractivity contribution < 1.29 is 28.3 Å². The maximum atomic E-state index is 13.3. The maximum Gasteiger partial charge on any atom is 0.335 e. The molecule has 4 rings (SSSR count). The monoisotopic (exact) mass is 464 g/mol. The maximum absolute atomic E-state index is 13.3. The molecule has 1 aliphatic rings. The number of fused-ring (bicyclic) bond motifs is 1. The summed E-state index contributed by atoms with van der Waals surface area (Å²) in [6, 6.07) is 11.1. The van der Waals surface area contributed by atoms with Gasteiger partial charge in [-0.05, 0) is 36.4 Å². The van der Waals surface area contributed by atoms with Gasteiger partial charge in [-0.2, -0.15) is 0 Å². The van der Waals surface area contributed by atoms with Crippen LogP contribution < -0.4 is 15.5 Å². The number of benzene rings is 2. The SMILES string of the molecule is COCCNC(=O)Cn1cc(C=C2C(=O)NC(=O)N(c3ccc(F)cc3)C2=O)c2ccccc21. The number of carbonyl (C=O) groups is 4. The number of ether oxygens (including phenoxy) is 1. The summed E-state index contributed by atoms with van der Waals surface area (Å²) in [5, 5.41) is 5.60. The quantitative estimate of drug-likeness (QED) is 0.317. The first-order chi connectivity index (χ1) is 16.4. The molecular formula is C24H21FN4O5. The topological polar surface area (TPSA) is 110 Å². The van der Waals surface area contributed by atoms with E-state index in [4.69, 9.17) is 4.74 Å². The van der Waals surface area contributed by atoms with Crippen molar-refractivity contribution in [2.45, 2.75) is 6.54 Å². The largest absolute Gasteiger partial charge is 0.383 e. The fraction of sp³-hybridized carbons (Fsp3) is 0.167. The highest BCUT2D eigenvalue weighted by Crippen LogP contribution is 2.26. The van der Waals surface area contributed by atoms with Gasteiger partial charge in [-0.15, -0.1) is 0 Å². The van der Waals surface area contributed by atoms with Gasteiger partial charge in [-0.1, -0.05) is 18.2 Å². The van der Waals surface area contributed by atoms with Crippen LogP contribution in [0.5, 0.6) is 0 Å². The third kappa shape index (κ3) is 4.57. The van der Waals surface area contributed by atoms with Gasteiger partial charge >= 0.3 is 6.03 Å². The van der Waals surface area contributed by atoms with Crippen molar-refractivity contribution in [3.05, 3.63) is 71.7 Å². The number of para-hydroxylation sites is 1. The Bertz CT molecular complexity index is 1310. The molecule has 34 heavy (non-hydrogen) atoms. The molecule has 5 amide bonds. The first kappa shape index (κ1) is 22.9. The number of barbiturate groups is 1. The number of aromatic nitrogens is 1. The Morgan fingerprint density at radius 2 is 1.85 bits per heavy atom. The van der Waals surface area contributed by atoms with E-state index in [1.54, 1.807) is 30.0 Å². The summed E-state index contributed by atoms with van der Waals surface area (Å²) >= 11 is 0. The highest BCUT2D eigenvalue weighted by molar-refractivity contribution is 6.39. The van der Waals surface area contributed by atoms with E-state index in [0.29, 0.717) is 24.1 Å². The number of carbonyl (C=O) groups excluding carboxylic acids is 4. The second-order valence-corrected chi connectivity index (χ2v) is 7.51. The van der Waals surface area contributed by atoms with E-state index >= 15 is 0 Å². The molecule has 1 fully saturated rings. The highest BCUT2D eigenvalue weighted by Gasteiger charge is 2.37. The van der Waals surface area contributed by atoms with E-state index < -0.39 is 23.7 Å². The summed E-state index contributed by atoms with van der Waals surface area (Å²) in [4.78, 5) is 51.0. The van der Waals surface area contributed by atoms with Crippen LogP contribution in [0.1, 0.15) is 5.56 Å². The number of methoxy groups -OCH3 is 1. The summed E-state index contributed by atoms with van der Waals surface area (Å²) in [5.41, 5.74) is 1.10. The van der Waals surface area contributed by atoms with Gasteiger partial charge in [0, 0.05) is 36.3 Å². The van der Waals surface area contributed by atoms with E-state index in [0.717, 1.165) is 22.5 Å². The number of nitrogens with one attached hydrogen (secondary N) is 2. The van der Waals surface area contributed by atoms with Crippen LogP contribution in [0.2, 0.25) is 0 Å². The van der Waals surface area contributed by atoms with Crippen LogP contribution in [0.3, 0.4) is 0 Å². The second kappa shape index (κ2) is 9.67. The van der Waals surface area contributed by atoms with Crippen molar-refractivity contribution in [2.24, 2.45) is 0 Å². The van der Waals surface area contributed by atoms with Crippen LogP contribution in [0, 0.1) is 5.82 Å². The number of hydrogen-bond acceptors (Lipinski definition) is 5. The molecule has 2 aromatic carbocycles. The molecule has 1 aliphatic heterocycles. The lowest BCUT2D eigenvalue weighted by Crippen LogP contribution is -2.54. The normalized spacial score (nSPS) is 15.2. The Morgan fingerprint density at radius 1 is 1.12 bits per heavy atom.